The molecule has 2 aromatic carbocycles. The van der Waals surface area contributed by atoms with Crippen LogP contribution >= 0.6 is 12.4 Å². The molecule has 2 aromatic rings. The molecule has 0 spiro atoms. The number of fused-ring (bicyclic) bond motifs is 1. The number of piperidine rings is 1. The van der Waals surface area contributed by atoms with Crippen molar-refractivity contribution in [1.82, 2.24) is 4.90 Å². The van der Waals surface area contributed by atoms with Crippen molar-refractivity contribution in [2.45, 2.75) is 25.8 Å². The fourth-order valence-electron chi connectivity index (χ4n) is 3.11. The smallest absolute Gasteiger partial charge is 0.227 e. The Morgan fingerprint density at radius 2 is 1.95 bits per heavy atom. The summed E-state index contributed by atoms with van der Waals surface area (Å²) < 4.78 is 0. The summed E-state index contributed by atoms with van der Waals surface area (Å²) in [6.45, 7) is 3.70. The van der Waals surface area contributed by atoms with Crippen molar-refractivity contribution in [2.75, 3.05) is 13.1 Å². The first-order chi connectivity index (χ1) is 10.1. The molecule has 0 aliphatic carbocycles. The highest BCUT2D eigenvalue weighted by atomic mass is 35.5. The Labute approximate surface area is 137 Å². The summed E-state index contributed by atoms with van der Waals surface area (Å²) in [5.74, 6) is 0.598. The number of hydrogen-bond acceptors (Lipinski definition) is 2. The van der Waals surface area contributed by atoms with Crippen molar-refractivity contribution in [3.05, 3.63) is 48.0 Å². The minimum Gasteiger partial charge on any atom is -0.342 e. The van der Waals surface area contributed by atoms with Crippen LogP contribution in [0.25, 0.3) is 10.8 Å². The fraction of sp³-hybridized carbons (Fsp3) is 0.389. The van der Waals surface area contributed by atoms with Gasteiger partial charge in [-0.15, -0.1) is 12.4 Å². The number of benzene rings is 2. The van der Waals surface area contributed by atoms with Crippen LogP contribution in [0.1, 0.15) is 18.9 Å². The molecule has 3 nitrogen and oxygen atoms in total. The van der Waals surface area contributed by atoms with Gasteiger partial charge < -0.3 is 10.6 Å². The number of carbonyl (C=O) groups excluding carboxylic acids is 1. The molecule has 4 heteroatoms. The van der Waals surface area contributed by atoms with Gasteiger partial charge in [0, 0.05) is 19.1 Å². The van der Waals surface area contributed by atoms with Gasteiger partial charge in [0.15, 0.2) is 0 Å². The summed E-state index contributed by atoms with van der Waals surface area (Å²) in [5.41, 5.74) is 7.14. The van der Waals surface area contributed by atoms with Gasteiger partial charge in [0.05, 0.1) is 6.42 Å². The summed E-state index contributed by atoms with van der Waals surface area (Å²) in [4.78, 5) is 14.5. The first kappa shape index (κ1) is 16.8. The third-order valence-electron chi connectivity index (χ3n) is 4.55. The van der Waals surface area contributed by atoms with Crippen LogP contribution in [0.4, 0.5) is 0 Å². The molecule has 2 N–H and O–H groups in total. The van der Waals surface area contributed by atoms with Crippen molar-refractivity contribution in [2.24, 2.45) is 11.7 Å². The Morgan fingerprint density at radius 1 is 1.23 bits per heavy atom. The summed E-state index contributed by atoms with van der Waals surface area (Å²) in [7, 11) is 0. The van der Waals surface area contributed by atoms with Gasteiger partial charge in [-0.2, -0.15) is 0 Å². The van der Waals surface area contributed by atoms with Crippen LogP contribution in [-0.4, -0.2) is 29.9 Å². The zero-order valence-corrected chi connectivity index (χ0v) is 13.7. The van der Waals surface area contributed by atoms with E-state index in [1.807, 2.05) is 23.1 Å². The Kier molecular flexibility index (Phi) is 5.43. The average molecular weight is 319 g/mol. The molecule has 3 rings (SSSR count). The van der Waals surface area contributed by atoms with Gasteiger partial charge in [-0.1, -0.05) is 49.4 Å². The summed E-state index contributed by atoms with van der Waals surface area (Å²) in [6, 6.07) is 14.6. The first-order valence-electron chi connectivity index (χ1n) is 7.65. The molecule has 2 unspecified atom stereocenters. The second-order valence-electron chi connectivity index (χ2n) is 6.08. The highest BCUT2D eigenvalue weighted by molar-refractivity contribution is 5.90. The van der Waals surface area contributed by atoms with Gasteiger partial charge in [-0.25, -0.2) is 0 Å². The van der Waals surface area contributed by atoms with Gasteiger partial charge in [0.25, 0.3) is 0 Å². The molecular weight excluding hydrogens is 296 g/mol. The molecule has 0 bridgehead atoms. The lowest BCUT2D eigenvalue weighted by Gasteiger charge is -2.35. The fourth-order valence-corrected chi connectivity index (χ4v) is 3.11. The van der Waals surface area contributed by atoms with Crippen molar-refractivity contribution in [3.8, 4) is 0 Å². The molecule has 118 valence electrons. The van der Waals surface area contributed by atoms with Crippen LogP contribution in [0.3, 0.4) is 0 Å². The molecule has 1 aliphatic rings. The topological polar surface area (TPSA) is 46.3 Å². The van der Waals surface area contributed by atoms with E-state index in [-0.39, 0.29) is 24.4 Å². The first-order valence-corrected chi connectivity index (χ1v) is 7.65. The highest BCUT2D eigenvalue weighted by Crippen LogP contribution is 2.21. The largest absolute Gasteiger partial charge is 0.342 e. The number of nitrogens with two attached hydrogens (primary N) is 1. The minimum atomic E-state index is 0. The van der Waals surface area contributed by atoms with E-state index in [0.717, 1.165) is 25.1 Å². The highest BCUT2D eigenvalue weighted by Gasteiger charge is 2.26. The second-order valence-corrected chi connectivity index (χ2v) is 6.08. The summed E-state index contributed by atoms with van der Waals surface area (Å²) >= 11 is 0. The maximum absolute atomic E-state index is 12.5. The van der Waals surface area contributed by atoms with Crippen molar-refractivity contribution in [1.29, 1.82) is 0 Å². The zero-order chi connectivity index (χ0) is 14.8. The van der Waals surface area contributed by atoms with E-state index in [1.54, 1.807) is 0 Å². The molecule has 1 heterocycles. The minimum absolute atomic E-state index is 0. The Balaban J connectivity index is 0.00000176. The van der Waals surface area contributed by atoms with Crippen molar-refractivity contribution < 1.29 is 4.79 Å². The third-order valence-corrected chi connectivity index (χ3v) is 4.55. The molecule has 1 amide bonds. The van der Waals surface area contributed by atoms with Gasteiger partial charge >= 0.3 is 0 Å². The van der Waals surface area contributed by atoms with E-state index >= 15 is 0 Å². The monoisotopic (exact) mass is 318 g/mol. The maximum Gasteiger partial charge on any atom is 0.227 e. The number of likely N-dealkylation sites (tertiary alicyclic amines) is 1. The Morgan fingerprint density at radius 3 is 2.73 bits per heavy atom. The lowest BCUT2D eigenvalue weighted by molar-refractivity contribution is -0.132. The van der Waals surface area contributed by atoms with Crippen molar-refractivity contribution in [3.63, 3.8) is 0 Å². The van der Waals surface area contributed by atoms with E-state index in [1.165, 1.54) is 10.8 Å². The number of carbonyl (C=O) groups is 1. The quantitative estimate of drug-likeness (QED) is 0.925. The second kappa shape index (κ2) is 7.12. The Bertz CT molecular complexity index is 653. The van der Waals surface area contributed by atoms with E-state index in [2.05, 4.69) is 31.2 Å². The zero-order valence-electron chi connectivity index (χ0n) is 12.9. The van der Waals surface area contributed by atoms with Crippen LogP contribution < -0.4 is 5.73 Å². The van der Waals surface area contributed by atoms with Crippen LogP contribution in [0.2, 0.25) is 0 Å². The van der Waals surface area contributed by atoms with E-state index in [4.69, 9.17) is 5.73 Å². The molecule has 2 atom stereocenters. The van der Waals surface area contributed by atoms with Gasteiger partial charge in [0.2, 0.25) is 5.91 Å². The SMILES string of the molecule is CC1CN(C(=O)Cc2cccc3ccccc23)CCC1N.Cl. The van der Waals surface area contributed by atoms with E-state index in [9.17, 15) is 4.79 Å². The van der Waals surface area contributed by atoms with Crippen molar-refractivity contribution >= 4 is 29.1 Å². The predicted octanol–water partition coefficient (Wildman–Crippen LogP) is 3.00. The molecule has 0 radical (unpaired) electrons. The number of rotatable bonds is 2. The van der Waals surface area contributed by atoms with Gasteiger partial charge in [0.1, 0.15) is 0 Å². The molecule has 0 saturated carbocycles. The molecule has 1 aliphatic heterocycles. The molecular formula is C18H23ClN2O. The average Bonchev–Trinajstić information content (AvgIpc) is 2.50. The van der Waals surface area contributed by atoms with E-state index in [0.29, 0.717) is 12.3 Å². The third kappa shape index (κ3) is 3.42. The molecule has 0 aromatic heterocycles. The van der Waals surface area contributed by atoms with Crippen LogP contribution in [0.5, 0.6) is 0 Å². The number of halogens is 1. The lowest BCUT2D eigenvalue weighted by atomic mass is 9.94. The van der Waals surface area contributed by atoms with Gasteiger partial charge in [-0.05, 0) is 28.7 Å². The molecule has 1 fully saturated rings. The van der Waals surface area contributed by atoms with Gasteiger partial charge in [-0.3, -0.25) is 4.79 Å². The summed E-state index contributed by atoms with van der Waals surface area (Å²) in [5, 5.41) is 2.37. The molecule has 22 heavy (non-hydrogen) atoms. The number of nitrogens with zero attached hydrogens (tertiary/aromatic N) is 1. The van der Waals surface area contributed by atoms with Crippen LogP contribution in [-0.2, 0) is 11.2 Å². The maximum atomic E-state index is 12.5. The Hall–Kier alpha value is -1.58. The summed E-state index contributed by atoms with van der Waals surface area (Å²) in [6.07, 6.45) is 1.38. The van der Waals surface area contributed by atoms with E-state index < -0.39 is 0 Å². The normalized spacial score (nSPS) is 21.5. The molecule has 1 saturated heterocycles. The lowest BCUT2D eigenvalue weighted by Crippen LogP contribution is -2.48. The predicted molar refractivity (Wildman–Crippen MR) is 93.2 cm³/mol. The standard InChI is InChI=1S/C18H22N2O.ClH/c1-13-12-20(10-9-17(13)19)18(21)11-15-7-4-6-14-5-2-3-8-16(14)15;/h2-8,13,17H,9-12,19H2,1H3;1H. The van der Waals surface area contributed by atoms with Crippen LogP contribution in [0.15, 0.2) is 42.5 Å². The number of hydrogen-bond donors (Lipinski definition) is 1. The number of amides is 1. The van der Waals surface area contributed by atoms with Crippen LogP contribution in [0, 0.1) is 5.92 Å².